The summed E-state index contributed by atoms with van der Waals surface area (Å²) in [4.78, 5) is 1.39. The fraction of sp³-hybridized carbons (Fsp3) is 0.478. The molecular weight excluding hydrogens is 357 g/mol. The van der Waals surface area contributed by atoms with E-state index < -0.39 is 5.60 Å². The van der Waals surface area contributed by atoms with E-state index in [-0.39, 0.29) is 24.6 Å². The van der Waals surface area contributed by atoms with Crippen molar-refractivity contribution >= 4 is 0 Å². The van der Waals surface area contributed by atoms with Crippen LogP contribution < -0.4 is 14.4 Å². The molecule has 0 amide bonds. The fourth-order valence-electron chi connectivity index (χ4n) is 5.54. The minimum Gasteiger partial charge on any atom is -0.454 e. The molecule has 2 aromatic carbocycles. The average molecular weight is 384 g/mol. The highest BCUT2D eigenvalue weighted by Crippen LogP contribution is 2.45. The maximum absolute atomic E-state index is 13.7. The molecule has 4 nitrogen and oxygen atoms in total. The monoisotopic (exact) mass is 384 g/mol. The molecule has 2 fully saturated rings. The van der Waals surface area contributed by atoms with Crippen molar-refractivity contribution in [3.05, 3.63) is 59.4 Å². The Hall–Kier alpha value is -2.11. The predicted octanol–water partition coefficient (Wildman–Crippen LogP) is 3.01. The van der Waals surface area contributed by atoms with Crippen molar-refractivity contribution in [2.45, 2.75) is 50.3 Å². The second-order valence-electron chi connectivity index (χ2n) is 8.51. The lowest BCUT2D eigenvalue weighted by molar-refractivity contribution is -0.958. The molecular formula is C23H27FNO3+. The molecule has 5 rings (SSSR count). The molecule has 2 heterocycles. The Morgan fingerprint density at radius 1 is 1.07 bits per heavy atom. The molecule has 0 radical (unpaired) electrons. The number of rotatable bonds is 3. The minimum atomic E-state index is -0.593. The summed E-state index contributed by atoms with van der Waals surface area (Å²) in [5.74, 6) is 1.58. The summed E-state index contributed by atoms with van der Waals surface area (Å²) < 4.78 is 24.8. The number of nitrogens with one attached hydrogen (secondary N) is 1. The van der Waals surface area contributed by atoms with Crippen LogP contribution in [0.3, 0.4) is 0 Å². The van der Waals surface area contributed by atoms with Crippen molar-refractivity contribution in [3.8, 4) is 11.5 Å². The standard InChI is InChI=1S/C23H26FNO3/c24-18-5-3-4-16(12-18)14-25-11-10-23(26)9-2-1-6-19(23)22(25)17-7-8-20-21(13-17)28-15-27-20/h3-5,7-8,12-13,19,22,26H,1-2,6,9-11,14-15H2/p+1/t19-,22+,23+/m0/s1. The van der Waals surface area contributed by atoms with E-state index in [9.17, 15) is 9.50 Å². The molecule has 5 heteroatoms. The van der Waals surface area contributed by atoms with Crippen LogP contribution in [0.2, 0.25) is 0 Å². The second kappa shape index (κ2) is 7.05. The molecule has 4 atom stereocenters. The van der Waals surface area contributed by atoms with Gasteiger partial charge in [0, 0.05) is 23.5 Å². The number of aliphatic hydroxyl groups is 1. The lowest BCUT2D eigenvalue weighted by Gasteiger charge is -2.50. The van der Waals surface area contributed by atoms with Gasteiger partial charge in [-0.3, -0.25) is 0 Å². The van der Waals surface area contributed by atoms with E-state index in [1.807, 2.05) is 12.1 Å². The quantitative estimate of drug-likeness (QED) is 0.855. The van der Waals surface area contributed by atoms with Crippen molar-refractivity contribution in [1.82, 2.24) is 0 Å². The van der Waals surface area contributed by atoms with E-state index in [2.05, 4.69) is 12.1 Å². The second-order valence-corrected chi connectivity index (χ2v) is 8.51. The Bertz CT molecular complexity index is 873. The van der Waals surface area contributed by atoms with Crippen LogP contribution in [0.25, 0.3) is 0 Å². The Morgan fingerprint density at radius 3 is 2.86 bits per heavy atom. The van der Waals surface area contributed by atoms with Crippen LogP contribution >= 0.6 is 0 Å². The zero-order valence-corrected chi connectivity index (χ0v) is 16.0. The summed E-state index contributed by atoms with van der Waals surface area (Å²) in [6.07, 6.45) is 4.97. The SMILES string of the molecule is O[C@@]12CCCC[C@H]1[C@@H](c1ccc3c(c1)OCO3)[NH+](Cc1cccc(F)c1)CC2. The Balaban J connectivity index is 1.51. The van der Waals surface area contributed by atoms with Gasteiger partial charge in [-0.05, 0) is 43.2 Å². The lowest BCUT2D eigenvalue weighted by atomic mass is 9.66. The molecule has 2 aromatic rings. The summed E-state index contributed by atoms with van der Waals surface area (Å²) in [5, 5.41) is 11.4. The van der Waals surface area contributed by atoms with Crippen LogP contribution in [0.15, 0.2) is 42.5 Å². The summed E-state index contributed by atoms with van der Waals surface area (Å²) >= 11 is 0. The van der Waals surface area contributed by atoms with E-state index >= 15 is 0 Å². The van der Waals surface area contributed by atoms with Gasteiger partial charge in [0.05, 0.1) is 12.1 Å². The van der Waals surface area contributed by atoms with Gasteiger partial charge in [-0.2, -0.15) is 0 Å². The highest BCUT2D eigenvalue weighted by atomic mass is 19.1. The third kappa shape index (κ3) is 3.16. The topological polar surface area (TPSA) is 43.1 Å². The van der Waals surface area contributed by atoms with Gasteiger partial charge < -0.3 is 19.5 Å². The van der Waals surface area contributed by atoms with E-state index in [4.69, 9.17) is 9.47 Å². The number of hydrogen-bond acceptors (Lipinski definition) is 3. The molecule has 2 aliphatic heterocycles. The molecule has 1 saturated carbocycles. The molecule has 0 aromatic heterocycles. The number of hydrogen-bond donors (Lipinski definition) is 2. The van der Waals surface area contributed by atoms with E-state index in [0.29, 0.717) is 0 Å². The maximum Gasteiger partial charge on any atom is 0.231 e. The van der Waals surface area contributed by atoms with Crippen LogP contribution in [0, 0.1) is 11.7 Å². The minimum absolute atomic E-state index is 0.164. The first-order valence-corrected chi connectivity index (χ1v) is 10.3. The summed E-state index contributed by atoms with van der Waals surface area (Å²) in [7, 11) is 0. The average Bonchev–Trinajstić information content (AvgIpc) is 3.16. The molecule has 2 N–H and O–H groups in total. The van der Waals surface area contributed by atoms with Crippen molar-refractivity contribution in [1.29, 1.82) is 0 Å². The fourth-order valence-corrected chi connectivity index (χ4v) is 5.54. The van der Waals surface area contributed by atoms with Gasteiger partial charge in [0.1, 0.15) is 18.4 Å². The molecule has 1 aliphatic carbocycles. The Morgan fingerprint density at radius 2 is 1.96 bits per heavy atom. The van der Waals surface area contributed by atoms with E-state index in [1.54, 1.807) is 12.1 Å². The van der Waals surface area contributed by atoms with Gasteiger partial charge in [0.2, 0.25) is 6.79 Å². The summed E-state index contributed by atoms with van der Waals surface area (Å²) in [5.41, 5.74) is 1.59. The summed E-state index contributed by atoms with van der Waals surface area (Å²) in [6.45, 7) is 1.89. The van der Waals surface area contributed by atoms with E-state index in [0.717, 1.165) is 62.3 Å². The normalized spacial score (nSPS) is 31.4. The molecule has 0 spiro atoms. The lowest BCUT2D eigenvalue weighted by Crippen LogP contribution is -3.13. The molecule has 148 valence electrons. The number of likely N-dealkylation sites (tertiary alicyclic amines) is 1. The first kappa shape index (κ1) is 18.0. The molecule has 28 heavy (non-hydrogen) atoms. The smallest absolute Gasteiger partial charge is 0.231 e. The van der Waals surface area contributed by atoms with Crippen LogP contribution in [-0.2, 0) is 6.54 Å². The van der Waals surface area contributed by atoms with Crippen LogP contribution in [0.1, 0.15) is 49.3 Å². The highest BCUT2D eigenvalue weighted by Gasteiger charge is 2.51. The molecule has 0 bridgehead atoms. The van der Waals surface area contributed by atoms with Crippen molar-refractivity contribution < 1.29 is 23.9 Å². The van der Waals surface area contributed by atoms with Crippen LogP contribution in [0.4, 0.5) is 4.39 Å². The number of halogens is 1. The number of fused-ring (bicyclic) bond motifs is 2. The maximum atomic E-state index is 13.7. The predicted molar refractivity (Wildman–Crippen MR) is 103 cm³/mol. The third-order valence-electron chi connectivity index (χ3n) is 6.86. The van der Waals surface area contributed by atoms with Crippen molar-refractivity contribution in [2.75, 3.05) is 13.3 Å². The van der Waals surface area contributed by atoms with Crippen LogP contribution in [-0.4, -0.2) is 24.0 Å². The number of benzene rings is 2. The van der Waals surface area contributed by atoms with Gasteiger partial charge in [0.15, 0.2) is 11.5 Å². The van der Waals surface area contributed by atoms with Crippen molar-refractivity contribution in [2.24, 2.45) is 5.92 Å². The van der Waals surface area contributed by atoms with Crippen LogP contribution in [0.5, 0.6) is 11.5 Å². The number of piperidine rings is 1. The summed E-state index contributed by atoms with van der Waals surface area (Å²) in [6, 6.07) is 13.2. The van der Waals surface area contributed by atoms with Gasteiger partial charge >= 0.3 is 0 Å². The molecule has 3 aliphatic rings. The Labute approximate surface area is 164 Å². The van der Waals surface area contributed by atoms with Gasteiger partial charge in [-0.15, -0.1) is 0 Å². The zero-order chi connectivity index (χ0) is 19.1. The zero-order valence-electron chi connectivity index (χ0n) is 16.0. The van der Waals surface area contributed by atoms with Gasteiger partial charge in [-0.25, -0.2) is 4.39 Å². The number of ether oxygens (including phenoxy) is 2. The molecule has 1 saturated heterocycles. The highest BCUT2D eigenvalue weighted by molar-refractivity contribution is 5.45. The molecule has 1 unspecified atom stereocenters. The number of quaternary nitrogens is 1. The first-order valence-electron chi connectivity index (χ1n) is 10.3. The third-order valence-corrected chi connectivity index (χ3v) is 6.86. The van der Waals surface area contributed by atoms with Crippen molar-refractivity contribution in [3.63, 3.8) is 0 Å². The van der Waals surface area contributed by atoms with Gasteiger partial charge in [0.25, 0.3) is 0 Å². The Kier molecular flexibility index (Phi) is 4.52. The largest absolute Gasteiger partial charge is 0.454 e. The van der Waals surface area contributed by atoms with Gasteiger partial charge in [-0.1, -0.05) is 25.0 Å². The first-order chi connectivity index (χ1) is 13.6. The van der Waals surface area contributed by atoms with E-state index in [1.165, 1.54) is 16.5 Å².